The molecule has 0 aliphatic rings. The van der Waals surface area contributed by atoms with Crippen LogP contribution in [0.1, 0.15) is 38.8 Å². The molecule has 0 aliphatic heterocycles. The topological polar surface area (TPSA) is 35.2 Å². The van der Waals surface area contributed by atoms with Gasteiger partial charge in [-0.3, -0.25) is 5.73 Å². The lowest BCUT2D eigenvalue weighted by molar-refractivity contribution is 0.236. The molecule has 1 aromatic rings. The van der Waals surface area contributed by atoms with Crippen molar-refractivity contribution in [2.45, 2.75) is 45.8 Å². The van der Waals surface area contributed by atoms with Crippen LogP contribution in [0.4, 0.5) is 0 Å². The molecule has 1 rings (SSSR count). The van der Waals surface area contributed by atoms with Crippen LogP contribution >= 0.6 is 0 Å². The van der Waals surface area contributed by atoms with E-state index < -0.39 is 0 Å². The Hall–Kier alpha value is -1.28. The van der Waals surface area contributed by atoms with Gasteiger partial charge in [-0.25, -0.2) is 0 Å². The summed E-state index contributed by atoms with van der Waals surface area (Å²) in [7, 11) is 0. The minimum atomic E-state index is -0.364. The monoisotopic (exact) mass is 246 g/mol. The molecule has 0 saturated carbocycles. The zero-order valence-electron chi connectivity index (χ0n) is 11.9. The smallest absolute Gasteiger partial charge is 0.150 e. The second-order valence-corrected chi connectivity index (χ2v) is 5.49. The van der Waals surface area contributed by atoms with Crippen LogP contribution < -0.4 is 10.5 Å². The summed E-state index contributed by atoms with van der Waals surface area (Å²) in [5, 5.41) is 0. The third kappa shape index (κ3) is 3.88. The van der Waals surface area contributed by atoms with Gasteiger partial charge in [0.05, 0.1) is 0 Å². The van der Waals surface area contributed by atoms with E-state index in [-0.39, 0.29) is 11.6 Å². The molecule has 0 bridgehead atoms. The molecule has 0 aliphatic carbocycles. The zero-order chi connectivity index (χ0) is 13.8. The molecule has 2 heteroatoms. The summed E-state index contributed by atoms with van der Waals surface area (Å²) in [5.74, 6) is 0.862. The average molecular weight is 246 g/mol. The first-order valence-electron chi connectivity index (χ1n) is 6.34. The fourth-order valence-electron chi connectivity index (χ4n) is 1.77. The number of hydrogen-bond acceptors (Lipinski definition) is 2. The summed E-state index contributed by atoms with van der Waals surface area (Å²) in [4.78, 5) is 0. The van der Waals surface area contributed by atoms with Crippen molar-refractivity contribution >= 4 is 0 Å². The van der Waals surface area contributed by atoms with Gasteiger partial charge in [-0.05, 0) is 29.0 Å². The van der Waals surface area contributed by atoms with Crippen LogP contribution in [-0.2, 0) is 11.8 Å². The maximum atomic E-state index is 5.82. The number of allylic oxidation sites excluding steroid dienone is 1. The van der Waals surface area contributed by atoms with Crippen molar-refractivity contribution in [3.63, 3.8) is 0 Å². The summed E-state index contributed by atoms with van der Waals surface area (Å²) in [6, 6.07) is 6.25. The Morgan fingerprint density at radius 3 is 2.56 bits per heavy atom. The van der Waals surface area contributed by atoms with Gasteiger partial charge in [-0.15, -0.1) is 6.58 Å². The number of benzene rings is 1. The lowest BCUT2D eigenvalue weighted by atomic mass is 9.85. The van der Waals surface area contributed by atoms with E-state index in [1.54, 1.807) is 0 Å². The summed E-state index contributed by atoms with van der Waals surface area (Å²) in [6.45, 7) is 12.2. The van der Waals surface area contributed by atoms with E-state index in [1.807, 2.05) is 25.5 Å². The minimum Gasteiger partial charge on any atom is -0.475 e. The summed E-state index contributed by atoms with van der Waals surface area (Å²) >= 11 is 0. The van der Waals surface area contributed by atoms with Crippen molar-refractivity contribution < 1.29 is 4.74 Å². The van der Waals surface area contributed by atoms with Gasteiger partial charge >= 0.3 is 0 Å². The highest BCUT2D eigenvalue weighted by Gasteiger charge is 2.20. The van der Waals surface area contributed by atoms with Crippen LogP contribution in [0.2, 0.25) is 0 Å². The molecule has 0 amide bonds. The molecule has 1 radical (unpaired) electrons. The second-order valence-electron chi connectivity index (χ2n) is 5.49. The molecule has 0 heterocycles. The SMILES string of the molecule is C=CCc1ccc(OC(N)[CH]C)c(C(C)(C)C)c1. The van der Waals surface area contributed by atoms with Gasteiger partial charge < -0.3 is 4.74 Å². The third-order valence-electron chi connectivity index (χ3n) is 2.82. The van der Waals surface area contributed by atoms with Gasteiger partial charge in [0.25, 0.3) is 0 Å². The van der Waals surface area contributed by atoms with E-state index in [0.29, 0.717) is 0 Å². The fraction of sp³-hybridized carbons (Fsp3) is 0.438. The van der Waals surface area contributed by atoms with Crippen molar-refractivity contribution in [3.05, 3.63) is 48.4 Å². The molecule has 0 fully saturated rings. The average Bonchev–Trinajstić information content (AvgIpc) is 2.30. The number of hydrogen-bond donors (Lipinski definition) is 1. The predicted octanol–water partition coefficient (Wildman–Crippen LogP) is 3.60. The van der Waals surface area contributed by atoms with E-state index in [0.717, 1.165) is 12.2 Å². The first-order valence-corrected chi connectivity index (χ1v) is 6.34. The highest BCUT2D eigenvalue weighted by molar-refractivity contribution is 5.42. The Kier molecular flexibility index (Phi) is 4.97. The second kappa shape index (κ2) is 6.05. The van der Waals surface area contributed by atoms with Crippen molar-refractivity contribution in [2.75, 3.05) is 0 Å². The van der Waals surface area contributed by atoms with Crippen LogP contribution in [0.5, 0.6) is 5.75 Å². The summed E-state index contributed by atoms with van der Waals surface area (Å²) in [6.07, 6.45) is 4.25. The molecule has 1 atom stereocenters. The molecule has 2 nitrogen and oxygen atoms in total. The van der Waals surface area contributed by atoms with Crippen LogP contribution in [0.15, 0.2) is 30.9 Å². The Morgan fingerprint density at radius 1 is 1.39 bits per heavy atom. The van der Waals surface area contributed by atoms with Crippen molar-refractivity contribution in [1.82, 2.24) is 0 Å². The van der Waals surface area contributed by atoms with Crippen LogP contribution in [0.25, 0.3) is 0 Å². The standard InChI is InChI=1S/C16H24NO/c1-6-8-12-9-10-14(18-15(17)7-2)13(11-12)16(3,4)5/h6-7,9-11,15H,1,8,17H2,2-5H3. The third-order valence-corrected chi connectivity index (χ3v) is 2.82. The molecule has 18 heavy (non-hydrogen) atoms. The normalized spacial score (nSPS) is 13.2. The van der Waals surface area contributed by atoms with Gasteiger partial charge in [0.2, 0.25) is 0 Å². The van der Waals surface area contributed by atoms with Crippen molar-refractivity contribution in [1.29, 1.82) is 0 Å². The predicted molar refractivity (Wildman–Crippen MR) is 77.6 cm³/mol. The van der Waals surface area contributed by atoms with E-state index in [1.165, 1.54) is 11.1 Å². The van der Waals surface area contributed by atoms with Crippen LogP contribution in [0, 0.1) is 6.42 Å². The lowest BCUT2D eigenvalue weighted by Gasteiger charge is -2.25. The Labute approximate surface area is 111 Å². The van der Waals surface area contributed by atoms with Crippen molar-refractivity contribution in [2.24, 2.45) is 5.73 Å². The van der Waals surface area contributed by atoms with E-state index in [4.69, 9.17) is 10.5 Å². The molecule has 0 aromatic heterocycles. The molecule has 1 aromatic carbocycles. The maximum Gasteiger partial charge on any atom is 0.150 e. The number of nitrogens with two attached hydrogens (primary N) is 1. The van der Waals surface area contributed by atoms with Crippen molar-refractivity contribution in [3.8, 4) is 5.75 Å². The first kappa shape index (κ1) is 14.8. The quantitative estimate of drug-likeness (QED) is 0.636. The molecule has 0 saturated heterocycles. The molecule has 1 unspecified atom stereocenters. The molecular weight excluding hydrogens is 222 g/mol. The Morgan fingerprint density at radius 2 is 2.06 bits per heavy atom. The summed E-state index contributed by atoms with van der Waals surface area (Å²) < 4.78 is 5.75. The van der Waals surface area contributed by atoms with Gasteiger partial charge in [0, 0.05) is 6.42 Å². The molecule has 99 valence electrons. The zero-order valence-corrected chi connectivity index (χ0v) is 11.9. The molecule has 2 N–H and O–H groups in total. The van der Waals surface area contributed by atoms with E-state index in [2.05, 4.69) is 39.5 Å². The number of ether oxygens (including phenoxy) is 1. The summed E-state index contributed by atoms with van der Waals surface area (Å²) in [5.41, 5.74) is 8.27. The lowest BCUT2D eigenvalue weighted by Crippen LogP contribution is -2.28. The van der Waals surface area contributed by atoms with Gasteiger partial charge in [0.15, 0.2) is 6.23 Å². The molecule has 0 spiro atoms. The Balaban J connectivity index is 3.12. The van der Waals surface area contributed by atoms with E-state index >= 15 is 0 Å². The Bertz CT molecular complexity index is 404. The fourth-order valence-corrected chi connectivity index (χ4v) is 1.77. The first-order chi connectivity index (χ1) is 8.38. The van der Waals surface area contributed by atoms with Crippen LogP contribution in [-0.4, -0.2) is 6.23 Å². The minimum absolute atomic E-state index is 0.0278. The largest absolute Gasteiger partial charge is 0.475 e. The highest BCUT2D eigenvalue weighted by atomic mass is 16.5. The van der Waals surface area contributed by atoms with Gasteiger partial charge in [0.1, 0.15) is 5.75 Å². The van der Waals surface area contributed by atoms with E-state index in [9.17, 15) is 0 Å². The molecular formula is C16H24NO. The van der Waals surface area contributed by atoms with Crippen LogP contribution in [0.3, 0.4) is 0 Å². The van der Waals surface area contributed by atoms with Gasteiger partial charge in [-0.1, -0.05) is 45.9 Å². The maximum absolute atomic E-state index is 5.82. The van der Waals surface area contributed by atoms with Gasteiger partial charge in [-0.2, -0.15) is 0 Å². The highest BCUT2D eigenvalue weighted by Crippen LogP contribution is 2.32. The number of rotatable bonds is 5.